The predicted molar refractivity (Wildman–Crippen MR) is 20.0 cm³/mol. The molecule has 42 valence electrons. The van der Waals surface area contributed by atoms with E-state index in [4.69, 9.17) is 4.91 Å². The Balaban J connectivity index is 3.84. The molecule has 0 unspecified atom stereocenters. The third kappa shape index (κ3) is 5.31. The standard InChI is InChI=1S/H2N2O4S/c1-7(4,5)6-2-3/h(H2,1,4,5). The number of nitrogens with two attached hydrogens (primary N) is 1. The van der Waals surface area contributed by atoms with Crippen molar-refractivity contribution >= 4 is 10.3 Å². The fourth-order valence-corrected chi connectivity index (χ4v) is 0.127. The second-order valence-corrected chi connectivity index (χ2v) is 1.78. The summed E-state index contributed by atoms with van der Waals surface area (Å²) in [5.41, 5.74) is 0. The monoisotopic (exact) mass is 126 g/mol. The summed E-state index contributed by atoms with van der Waals surface area (Å²) < 4.78 is 22.0. The highest BCUT2D eigenvalue weighted by Gasteiger charge is 1.98. The van der Waals surface area contributed by atoms with Crippen molar-refractivity contribution in [2.24, 2.45) is 10.5 Å². The van der Waals surface area contributed by atoms with Gasteiger partial charge < -0.3 is 0 Å². The molecule has 0 aliphatic rings. The summed E-state index contributed by atoms with van der Waals surface area (Å²) >= 11 is 0. The molecule has 7 heavy (non-hydrogen) atoms. The highest BCUT2D eigenvalue weighted by Crippen LogP contribution is 1.77. The lowest BCUT2D eigenvalue weighted by atomic mass is 13.4. The molecule has 0 aliphatic heterocycles. The van der Waals surface area contributed by atoms with Crippen molar-refractivity contribution in [3.63, 3.8) is 0 Å². The highest BCUT2D eigenvalue weighted by molar-refractivity contribution is 7.84. The fraction of sp³-hybridized carbons (Fsp3) is 0. The van der Waals surface area contributed by atoms with Gasteiger partial charge in [0.05, 0.1) is 0 Å². The number of rotatable bonds is 2. The van der Waals surface area contributed by atoms with Crippen LogP contribution in [0.2, 0.25) is 0 Å². The van der Waals surface area contributed by atoms with Crippen LogP contribution in [0.15, 0.2) is 5.34 Å². The van der Waals surface area contributed by atoms with Crippen LogP contribution in [0, 0.1) is 4.91 Å². The molecule has 0 aliphatic carbocycles. The molecule has 7 heteroatoms. The average Bonchev–Trinajstić information content (AvgIpc) is 1.30. The molecule has 0 rings (SSSR count). The van der Waals surface area contributed by atoms with Crippen molar-refractivity contribution in [2.45, 2.75) is 0 Å². The van der Waals surface area contributed by atoms with E-state index in [0.717, 1.165) is 0 Å². The second-order valence-electron chi connectivity index (χ2n) is 0.642. The van der Waals surface area contributed by atoms with Gasteiger partial charge in [-0.3, -0.25) is 0 Å². The molecule has 0 aromatic heterocycles. The SMILES string of the molecule is NS(=O)(=O)ON=O. The van der Waals surface area contributed by atoms with Crippen LogP contribution in [0.4, 0.5) is 0 Å². The van der Waals surface area contributed by atoms with Gasteiger partial charge in [-0.25, -0.2) is 4.28 Å². The van der Waals surface area contributed by atoms with Crippen LogP contribution in [0.1, 0.15) is 0 Å². The summed E-state index contributed by atoms with van der Waals surface area (Å²) in [6.45, 7) is 0. The van der Waals surface area contributed by atoms with Crippen molar-refractivity contribution in [3.05, 3.63) is 4.91 Å². The van der Waals surface area contributed by atoms with E-state index in [0.29, 0.717) is 0 Å². The molecule has 6 nitrogen and oxygen atoms in total. The van der Waals surface area contributed by atoms with Gasteiger partial charge in [0.2, 0.25) is 0 Å². The van der Waals surface area contributed by atoms with Gasteiger partial charge in [0.1, 0.15) is 0 Å². The van der Waals surface area contributed by atoms with E-state index in [1.807, 2.05) is 0 Å². The summed E-state index contributed by atoms with van der Waals surface area (Å²) in [6.07, 6.45) is 0. The Bertz CT molecular complexity index is 143. The van der Waals surface area contributed by atoms with Crippen molar-refractivity contribution in [3.8, 4) is 0 Å². The Kier molecular flexibility index (Phi) is 1.66. The van der Waals surface area contributed by atoms with Gasteiger partial charge in [0.25, 0.3) is 0 Å². The smallest absolute Gasteiger partial charge is 0.219 e. The van der Waals surface area contributed by atoms with Crippen LogP contribution in [0.3, 0.4) is 0 Å². The van der Waals surface area contributed by atoms with Gasteiger partial charge in [-0.15, -0.1) is 4.91 Å². The van der Waals surface area contributed by atoms with Gasteiger partial charge in [-0.05, 0) is 0 Å². The Hall–Kier alpha value is -0.690. The van der Waals surface area contributed by atoms with E-state index < -0.39 is 10.3 Å². The maximum absolute atomic E-state index is 9.49. The topological polar surface area (TPSA) is 98.8 Å². The molecule has 0 saturated heterocycles. The highest BCUT2D eigenvalue weighted by atomic mass is 32.2. The van der Waals surface area contributed by atoms with E-state index >= 15 is 0 Å². The van der Waals surface area contributed by atoms with Gasteiger partial charge in [0.15, 0.2) is 5.34 Å². The number of hydrogen-bond acceptors (Lipinski definition) is 5. The Morgan fingerprint density at radius 1 is 1.57 bits per heavy atom. The van der Waals surface area contributed by atoms with E-state index in [2.05, 4.69) is 9.42 Å². The molecule has 0 atom stereocenters. The van der Waals surface area contributed by atoms with Crippen molar-refractivity contribution in [1.82, 2.24) is 0 Å². The summed E-state index contributed by atoms with van der Waals surface area (Å²) in [7, 11) is -4.15. The van der Waals surface area contributed by atoms with Crippen LogP contribution in [0.5, 0.6) is 0 Å². The minimum Gasteiger partial charge on any atom is -0.219 e. The van der Waals surface area contributed by atoms with Crippen LogP contribution in [0.25, 0.3) is 0 Å². The summed E-state index contributed by atoms with van der Waals surface area (Å²) in [4.78, 5) is 8.89. The molecule has 0 aromatic carbocycles. The first-order valence-electron chi connectivity index (χ1n) is 1.10. The lowest BCUT2D eigenvalue weighted by molar-refractivity contribution is 0.334. The number of nitrogens with zero attached hydrogens (tertiary/aromatic N) is 1. The molecule has 2 N–H and O–H groups in total. The first kappa shape index (κ1) is 6.31. The molecule has 0 bridgehead atoms. The molecule has 0 fully saturated rings. The Labute approximate surface area is 39.4 Å². The van der Waals surface area contributed by atoms with E-state index in [-0.39, 0.29) is 0 Å². The Morgan fingerprint density at radius 2 is 2.00 bits per heavy atom. The molecule has 0 heterocycles. The normalized spacial score (nSPS) is 10.4. The molecule has 0 aromatic rings. The van der Waals surface area contributed by atoms with E-state index in [9.17, 15) is 8.42 Å². The molecular weight excluding hydrogens is 124 g/mol. The van der Waals surface area contributed by atoms with Crippen molar-refractivity contribution in [2.75, 3.05) is 0 Å². The average molecular weight is 126 g/mol. The van der Waals surface area contributed by atoms with E-state index in [1.54, 1.807) is 5.34 Å². The quantitative estimate of drug-likeness (QED) is 0.374. The zero-order chi connectivity index (χ0) is 5.91. The molecule has 0 spiro atoms. The van der Waals surface area contributed by atoms with Gasteiger partial charge in [-0.2, -0.15) is 13.6 Å². The minimum atomic E-state index is -4.15. The molecule has 0 saturated carbocycles. The Morgan fingerprint density at radius 3 is 2.00 bits per heavy atom. The molecular formula is H2N2O4S. The van der Waals surface area contributed by atoms with Crippen LogP contribution in [-0.4, -0.2) is 8.42 Å². The third-order valence-corrected chi connectivity index (χ3v) is 0.403. The van der Waals surface area contributed by atoms with Crippen LogP contribution >= 0.6 is 0 Å². The van der Waals surface area contributed by atoms with Gasteiger partial charge in [-0.1, -0.05) is 0 Å². The summed E-state index contributed by atoms with van der Waals surface area (Å²) in [6, 6.07) is 0. The largest absolute Gasteiger partial charge is 0.401 e. The maximum Gasteiger partial charge on any atom is 0.401 e. The summed E-state index contributed by atoms with van der Waals surface area (Å²) in [5.74, 6) is 0. The van der Waals surface area contributed by atoms with Crippen molar-refractivity contribution in [1.29, 1.82) is 0 Å². The fourth-order valence-electron chi connectivity index (χ4n) is 0.0424. The zero-order valence-electron chi connectivity index (χ0n) is 3.07. The minimum absolute atomic E-state index is 1.54. The first-order chi connectivity index (χ1) is 3.06. The predicted octanol–water partition coefficient (Wildman–Crippen LogP) is -1.11. The van der Waals surface area contributed by atoms with Crippen LogP contribution < -0.4 is 5.14 Å². The molecule has 0 amide bonds. The molecule has 0 radical (unpaired) electrons. The first-order valence-corrected chi connectivity index (χ1v) is 2.57. The number of hydrogen-bond donors (Lipinski definition) is 1. The van der Waals surface area contributed by atoms with Crippen LogP contribution in [-0.2, 0) is 14.6 Å². The second kappa shape index (κ2) is 1.85. The third-order valence-electron chi connectivity index (χ3n) is 0.134. The van der Waals surface area contributed by atoms with E-state index in [1.165, 1.54) is 0 Å². The summed E-state index contributed by atoms with van der Waals surface area (Å²) in [5, 5.41) is 5.65. The van der Waals surface area contributed by atoms with Crippen molar-refractivity contribution < 1.29 is 12.7 Å². The lowest BCUT2D eigenvalue weighted by Gasteiger charge is -1.81. The lowest BCUT2D eigenvalue weighted by Crippen LogP contribution is -2.11. The zero-order valence-corrected chi connectivity index (χ0v) is 3.88. The van der Waals surface area contributed by atoms with Gasteiger partial charge in [0, 0.05) is 0 Å². The maximum atomic E-state index is 9.49. The van der Waals surface area contributed by atoms with Gasteiger partial charge >= 0.3 is 10.3 Å².